The first-order valence-electron chi connectivity index (χ1n) is 6.15. The van der Waals surface area contributed by atoms with Crippen LogP contribution in [-0.4, -0.2) is 20.8 Å². The van der Waals surface area contributed by atoms with Gasteiger partial charge in [-0.15, -0.1) is 0 Å². The largest absolute Gasteiger partial charge is 0.390 e. The fourth-order valence-corrected chi connectivity index (χ4v) is 2.92. The molecule has 1 aromatic heterocycles. The van der Waals surface area contributed by atoms with Crippen LogP contribution in [0.3, 0.4) is 0 Å². The van der Waals surface area contributed by atoms with Crippen LogP contribution in [0.1, 0.15) is 24.4 Å². The molecule has 86 valence electrons. The lowest BCUT2D eigenvalue weighted by Gasteiger charge is -2.21. The Morgan fingerprint density at radius 1 is 1.29 bits per heavy atom. The zero-order chi connectivity index (χ0) is 11.4. The molecule has 0 saturated heterocycles. The molecule has 0 unspecified atom stereocenters. The molecule has 1 aromatic carbocycles. The summed E-state index contributed by atoms with van der Waals surface area (Å²) in [5.41, 5.74) is 3.59. The van der Waals surface area contributed by atoms with E-state index in [9.17, 15) is 5.11 Å². The number of aliphatic hydroxyl groups is 1. The Labute approximate surface area is 99.7 Å². The van der Waals surface area contributed by atoms with E-state index in [-0.39, 0.29) is 12.1 Å². The molecule has 1 fully saturated rings. The number of imidazole rings is 1. The first kappa shape index (κ1) is 9.42. The Morgan fingerprint density at radius 2 is 2.12 bits per heavy atom. The number of benzene rings is 1. The normalized spacial score (nSPS) is 23.2. The highest BCUT2D eigenvalue weighted by atomic mass is 16.3. The average molecular weight is 226 g/mol. The van der Waals surface area contributed by atoms with Gasteiger partial charge in [-0.25, -0.2) is 4.98 Å². The fraction of sp³-hybridized carbons (Fsp3) is 0.357. The summed E-state index contributed by atoms with van der Waals surface area (Å²) in [5.74, 6) is 0.474. The Bertz CT molecular complexity index is 571. The topological polar surface area (TPSA) is 38.1 Å². The molecule has 0 bridgehead atoms. The van der Waals surface area contributed by atoms with Gasteiger partial charge in [0.2, 0.25) is 0 Å². The molecule has 0 radical (unpaired) electrons. The molecule has 0 amide bonds. The van der Waals surface area contributed by atoms with E-state index >= 15 is 0 Å². The predicted molar refractivity (Wildman–Crippen MR) is 64.5 cm³/mol. The first-order chi connectivity index (χ1) is 8.36. The Kier molecular flexibility index (Phi) is 1.77. The summed E-state index contributed by atoms with van der Waals surface area (Å²) in [4.78, 5) is 4.21. The highest BCUT2D eigenvalue weighted by Gasteiger charge is 2.41. The highest BCUT2D eigenvalue weighted by Crippen LogP contribution is 2.46. The second-order valence-electron chi connectivity index (χ2n) is 5.05. The molecule has 1 aliphatic carbocycles. The van der Waals surface area contributed by atoms with Crippen LogP contribution >= 0.6 is 0 Å². The lowest BCUT2D eigenvalue weighted by Crippen LogP contribution is -2.24. The third-order valence-electron chi connectivity index (χ3n) is 3.95. The molecular formula is C14H14N2O. The Hall–Kier alpha value is -1.61. The second-order valence-corrected chi connectivity index (χ2v) is 5.05. The van der Waals surface area contributed by atoms with Gasteiger partial charge >= 0.3 is 0 Å². The molecule has 1 saturated carbocycles. The molecule has 4 rings (SSSR count). The molecule has 1 N–H and O–H groups in total. The van der Waals surface area contributed by atoms with E-state index in [0.717, 1.165) is 18.5 Å². The van der Waals surface area contributed by atoms with Crippen molar-refractivity contribution < 1.29 is 5.11 Å². The highest BCUT2D eigenvalue weighted by molar-refractivity contribution is 5.69. The van der Waals surface area contributed by atoms with Gasteiger partial charge in [-0.2, -0.15) is 0 Å². The van der Waals surface area contributed by atoms with Crippen LogP contribution in [-0.2, 0) is 0 Å². The van der Waals surface area contributed by atoms with Gasteiger partial charge in [-0.1, -0.05) is 24.3 Å². The van der Waals surface area contributed by atoms with Crippen LogP contribution in [0.4, 0.5) is 0 Å². The molecule has 2 aliphatic rings. The van der Waals surface area contributed by atoms with Crippen LogP contribution in [0.25, 0.3) is 11.3 Å². The van der Waals surface area contributed by atoms with Crippen molar-refractivity contribution in [3.05, 3.63) is 42.4 Å². The van der Waals surface area contributed by atoms with Gasteiger partial charge in [-0.3, -0.25) is 0 Å². The predicted octanol–water partition coefficient (Wildman–Crippen LogP) is 2.22. The maximum atomic E-state index is 10.5. The molecule has 2 heterocycles. The summed E-state index contributed by atoms with van der Waals surface area (Å²) in [6.45, 7) is 0. The summed E-state index contributed by atoms with van der Waals surface area (Å²) in [6.07, 6.45) is 5.77. The standard InChI is InChI=1S/C14H14N2O/c17-14(9-5-6-9)13-11-4-2-1-3-10(11)12-7-15-8-16(12)13/h1-4,7-9,13-14,17H,5-6H2/t13-,14-/m0/s1. The van der Waals surface area contributed by atoms with Crippen molar-refractivity contribution >= 4 is 0 Å². The molecule has 17 heavy (non-hydrogen) atoms. The molecule has 2 aromatic rings. The van der Waals surface area contributed by atoms with Gasteiger partial charge in [0, 0.05) is 5.56 Å². The molecule has 0 spiro atoms. The van der Waals surface area contributed by atoms with Crippen molar-refractivity contribution in [1.29, 1.82) is 0 Å². The van der Waals surface area contributed by atoms with Gasteiger partial charge in [0.05, 0.1) is 30.4 Å². The quantitative estimate of drug-likeness (QED) is 0.852. The number of fused-ring (bicyclic) bond motifs is 3. The van der Waals surface area contributed by atoms with E-state index in [1.54, 1.807) is 0 Å². The lowest BCUT2D eigenvalue weighted by molar-refractivity contribution is 0.111. The van der Waals surface area contributed by atoms with Crippen molar-refractivity contribution in [3.8, 4) is 11.3 Å². The summed E-state index contributed by atoms with van der Waals surface area (Å²) >= 11 is 0. The molecule has 2 atom stereocenters. The van der Waals surface area contributed by atoms with E-state index in [2.05, 4.69) is 21.7 Å². The summed E-state index contributed by atoms with van der Waals surface area (Å²) in [5, 5.41) is 10.5. The van der Waals surface area contributed by atoms with Crippen molar-refractivity contribution in [2.45, 2.75) is 25.0 Å². The van der Waals surface area contributed by atoms with E-state index in [1.165, 1.54) is 11.1 Å². The number of aliphatic hydroxyl groups excluding tert-OH is 1. The summed E-state index contributed by atoms with van der Waals surface area (Å²) in [6, 6.07) is 8.39. The second kappa shape index (κ2) is 3.20. The SMILES string of the molecule is O[C@@H](C1CC1)[C@@H]1c2ccccc2-c2cncn21. The van der Waals surface area contributed by atoms with Crippen molar-refractivity contribution in [2.75, 3.05) is 0 Å². The van der Waals surface area contributed by atoms with Gasteiger partial charge < -0.3 is 9.67 Å². The Morgan fingerprint density at radius 3 is 2.94 bits per heavy atom. The van der Waals surface area contributed by atoms with Crippen molar-refractivity contribution in [2.24, 2.45) is 5.92 Å². The minimum Gasteiger partial charge on any atom is -0.390 e. The number of aromatic nitrogens is 2. The Balaban J connectivity index is 1.89. The smallest absolute Gasteiger partial charge is 0.0957 e. The van der Waals surface area contributed by atoms with Gasteiger partial charge in [0.25, 0.3) is 0 Å². The number of hydrogen-bond acceptors (Lipinski definition) is 2. The average Bonchev–Trinajstić information content (AvgIpc) is 3.01. The van der Waals surface area contributed by atoms with Crippen LogP contribution < -0.4 is 0 Å². The van der Waals surface area contributed by atoms with E-state index in [0.29, 0.717) is 5.92 Å². The third kappa shape index (κ3) is 1.23. The summed E-state index contributed by atoms with van der Waals surface area (Å²) < 4.78 is 2.12. The van der Waals surface area contributed by atoms with Gasteiger partial charge in [0.15, 0.2) is 0 Å². The maximum absolute atomic E-state index is 10.5. The van der Waals surface area contributed by atoms with Gasteiger partial charge in [0.1, 0.15) is 0 Å². The maximum Gasteiger partial charge on any atom is 0.0957 e. The number of hydrogen-bond donors (Lipinski definition) is 1. The monoisotopic (exact) mass is 226 g/mol. The third-order valence-corrected chi connectivity index (χ3v) is 3.95. The van der Waals surface area contributed by atoms with E-state index in [4.69, 9.17) is 0 Å². The minimum absolute atomic E-state index is 0.0659. The molecule has 3 nitrogen and oxygen atoms in total. The van der Waals surface area contributed by atoms with Crippen LogP contribution in [0.15, 0.2) is 36.8 Å². The molecule has 1 aliphatic heterocycles. The number of rotatable bonds is 2. The van der Waals surface area contributed by atoms with Crippen LogP contribution in [0.2, 0.25) is 0 Å². The molecule has 3 heteroatoms. The number of nitrogens with zero attached hydrogens (tertiary/aromatic N) is 2. The van der Waals surface area contributed by atoms with Crippen molar-refractivity contribution in [3.63, 3.8) is 0 Å². The zero-order valence-corrected chi connectivity index (χ0v) is 9.45. The van der Waals surface area contributed by atoms with Crippen molar-refractivity contribution in [1.82, 2.24) is 9.55 Å². The zero-order valence-electron chi connectivity index (χ0n) is 9.45. The minimum atomic E-state index is -0.272. The molecular weight excluding hydrogens is 212 g/mol. The van der Waals surface area contributed by atoms with Crippen LogP contribution in [0.5, 0.6) is 0 Å². The lowest BCUT2D eigenvalue weighted by atomic mass is 9.97. The van der Waals surface area contributed by atoms with E-state index < -0.39 is 0 Å². The van der Waals surface area contributed by atoms with Crippen LogP contribution in [0, 0.1) is 5.92 Å². The fourth-order valence-electron chi connectivity index (χ4n) is 2.92. The first-order valence-corrected chi connectivity index (χ1v) is 6.15. The summed E-state index contributed by atoms with van der Waals surface area (Å²) in [7, 11) is 0. The van der Waals surface area contributed by atoms with Gasteiger partial charge in [-0.05, 0) is 24.3 Å². The van der Waals surface area contributed by atoms with E-state index in [1.807, 2.05) is 24.7 Å².